The van der Waals surface area contributed by atoms with Crippen LogP contribution in [0.15, 0.2) is 29.3 Å². The quantitative estimate of drug-likeness (QED) is 0.533. The average Bonchev–Trinajstić information content (AvgIpc) is 2.30. The predicted octanol–water partition coefficient (Wildman–Crippen LogP) is 4.46. The number of hydrogen-bond acceptors (Lipinski definition) is 2. The molecular weight excluding hydrogens is 198 g/mol. The topological polar surface area (TPSA) is 32.6 Å². The fourth-order valence-corrected chi connectivity index (χ4v) is 1.55. The summed E-state index contributed by atoms with van der Waals surface area (Å²) in [5, 5.41) is 9.10. The first kappa shape index (κ1) is 12.8. The summed E-state index contributed by atoms with van der Waals surface area (Å²) in [6.07, 6.45) is 9.51. The molecule has 0 radical (unpaired) electrons. The van der Waals surface area contributed by atoms with Crippen LogP contribution in [-0.4, -0.2) is 11.3 Å². The van der Waals surface area contributed by atoms with Gasteiger partial charge in [-0.2, -0.15) is 0 Å². The molecule has 1 aromatic rings. The summed E-state index contributed by atoms with van der Waals surface area (Å²) in [6.45, 7) is 2.23. The largest absolute Gasteiger partial charge is 0.508 e. The minimum atomic E-state index is 0.290. The van der Waals surface area contributed by atoms with E-state index in [2.05, 4.69) is 11.9 Å². The highest BCUT2D eigenvalue weighted by Gasteiger charge is 1.89. The van der Waals surface area contributed by atoms with Gasteiger partial charge in [0.1, 0.15) is 5.75 Å². The van der Waals surface area contributed by atoms with Crippen LogP contribution in [0.1, 0.15) is 45.4 Å². The van der Waals surface area contributed by atoms with E-state index in [0.29, 0.717) is 5.75 Å². The molecule has 0 amide bonds. The predicted molar refractivity (Wildman–Crippen MR) is 69.6 cm³/mol. The van der Waals surface area contributed by atoms with Crippen LogP contribution >= 0.6 is 0 Å². The van der Waals surface area contributed by atoms with Gasteiger partial charge in [-0.05, 0) is 37.1 Å². The molecule has 0 saturated carbocycles. The van der Waals surface area contributed by atoms with Crippen molar-refractivity contribution < 1.29 is 5.11 Å². The lowest BCUT2D eigenvalue weighted by Crippen LogP contribution is -1.79. The van der Waals surface area contributed by atoms with Crippen LogP contribution < -0.4 is 0 Å². The molecule has 0 aliphatic rings. The Balaban J connectivity index is 2.14. The molecule has 16 heavy (non-hydrogen) atoms. The average molecular weight is 219 g/mol. The van der Waals surface area contributed by atoms with Gasteiger partial charge in [0, 0.05) is 6.21 Å². The van der Waals surface area contributed by atoms with Crippen LogP contribution in [0.25, 0.3) is 0 Å². The molecule has 0 saturated heterocycles. The zero-order valence-electron chi connectivity index (χ0n) is 10.0. The lowest BCUT2D eigenvalue weighted by atomic mass is 10.1. The third-order valence-electron chi connectivity index (χ3n) is 2.53. The van der Waals surface area contributed by atoms with Crippen LogP contribution in [0.2, 0.25) is 0 Å². The molecule has 0 bridgehead atoms. The van der Waals surface area contributed by atoms with Gasteiger partial charge in [0.25, 0.3) is 0 Å². The van der Waals surface area contributed by atoms with E-state index in [1.807, 2.05) is 18.3 Å². The molecular formula is C14H21NO. The van der Waals surface area contributed by atoms with Gasteiger partial charge < -0.3 is 5.11 Å². The highest BCUT2D eigenvalue weighted by molar-refractivity contribution is 5.63. The van der Waals surface area contributed by atoms with Crippen molar-refractivity contribution in [1.82, 2.24) is 0 Å². The number of aliphatic imine (C=N–C) groups is 1. The standard InChI is InChI=1S/C14H21NO/c1-2-3-4-5-6-7-12-15-13-8-10-14(16)11-9-13/h8-12,16H,2-7H2,1H3. The van der Waals surface area contributed by atoms with Crippen molar-refractivity contribution >= 4 is 11.9 Å². The Morgan fingerprint density at radius 1 is 1.06 bits per heavy atom. The molecule has 0 fully saturated rings. The van der Waals surface area contributed by atoms with Crippen molar-refractivity contribution in [3.05, 3.63) is 24.3 Å². The first-order chi connectivity index (χ1) is 7.83. The fraction of sp³-hybridized carbons (Fsp3) is 0.500. The molecule has 2 heteroatoms. The SMILES string of the molecule is CCCCCCCC=Nc1ccc(O)cc1. The van der Waals surface area contributed by atoms with Crippen molar-refractivity contribution in [2.45, 2.75) is 45.4 Å². The van der Waals surface area contributed by atoms with Crippen LogP contribution in [0.3, 0.4) is 0 Å². The van der Waals surface area contributed by atoms with E-state index in [4.69, 9.17) is 5.11 Å². The van der Waals surface area contributed by atoms with Gasteiger partial charge in [-0.3, -0.25) is 4.99 Å². The van der Waals surface area contributed by atoms with Crippen LogP contribution in [0, 0.1) is 0 Å². The summed E-state index contributed by atoms with van der Waals surface area (Å²) in [5.74, 6) is 0.290. The van der Waals surface area contributed by atoms with Gasteiger partial charge in [-0.1, -0.05) is 32.6 Å². The highest BCUT2D eigenvalue weighted by Crippen LogP contribution is 2.16. The lowest BCUT2D eigenvalue weighted by Gasteiger charge is -1.96. The Labute approximate surface area is 98.0 Å². The van der Waals surface area contributed by atoms with E-state index < -0.39 is 0 Å². The molecule has 0 spiro atoms. The van der Waals surface area contributed by atoms with Crippen LogP contribution in [-0.2, 0) is 0 Å². The summed E-state index contributed by atoms with van der Waals surface area (Å²) in [6, 6.07) is 6.97. The van der Waals surface area contributed by atoms with Gasteiger partial charge in [0.05, 0.1) is 5.69 Å². The van der Waals surface area contributed by atoms with Crippen molar-refractivity contribution in [2.75, 3.05) is 0 Å². The Morgan fingerprint density at radius 3 is 2.44 bits per heavy atom. The highest BCUT2D eigenvalue weighted by atomic mass is 16.3. The fourth-order valence-electron chi connectivity index (χ4n) is 1.55. The Morgan fingerprint density at radius 2 is 1.75 bits per heavy atom. The van der Waals surface area contributed by atoms with Crippen molar-refractivity contribution in [2.24, 2.45) is 4.99 Å². The third kappa shape index (κ3) is 5.54. The van der Waals surface area contributed by atoms with Gasteiger partial charge in [0.15, 0.2) is 0 Å². The number of hydrogen-bond donors (Lipinski definition) is 1. The minimum Gasteiger partial charge on any atom is -0.508 e. The number of unbranched alkanes of at least 4 members (excludes halogenated alkanes) is 5. The maximum absolute atomic E-state index is 9.10. The van der Waals surface area contributed by atoms with Crippen LogP contribution in [0.5, 0.6) is 5.75 Å². The molecule has 1 aromatic carbocycles. The number of rotatable bonds is 7. The molecule has 0 aromatic heterocycles. The maximum atomic E-state index is 9.10. The summed E-state index contributed by atoms with van der Waals surface area (Å²) in [5.41, 5.74) is 0.909. The smallest absolute Gasteiger partial charge is 0.115 e. The van der Waals surface area contributed by atoms with E-state index in [1.54, 1.807) is 12.1 Å². The van der Waals surface area contributed by atoms with Crippen molar-refractivity contribution in [1.29, 1.82) is 0 Å². The van der Waals surface area contributed by atoms with Crippen molar-refractivity contribution in [3.63, 3.8) is 0 Å². The Bertz CT molecular complexity index is 303. The van der Waals surface area contributed by atoms with Gasteiger partial charge in [-0.15, -0.1) is 0 Å². The number of aromatic hydroxyl groups is 1. The molecule has 0 heterocycles. The first-order valence-electron chi connectivity index (χ1n) is 6.14. The molecule has 2 nitrogen and oxygen atoms in total. The second-order valence-corrected chi connectivity index (χ2v) is 4.03. The first-order valence-corrected chi connectivity index (χ1v) is 6.14. The molecule has 0 unspecified atom stereocenters. The molecule has 1 N–H and O–H groups in total. The minimum absolute atomic E-state index is 0.290. The van der Waals surface area contributed by atoms with E-state index in [0.717, 1.165) is 12.1 Å². The van der Waals surface area contributed by atoms with E-state index in [-0.39, 0.29) is 0 Å². The molecule has 0 aliphatic heterocycles. The number of phenolic OH excluding ortho intramolecular Hbond substituents is 1. The summed E-state index contributed by atoms with van der Waals surface area (Å²) in [4.78, 5) is 4.33. The second kappa shape index (κ2) is 7.91. The maximum Gasteiger partial charge on any atom is 0.115 e. The number of nitrogens with zero attached hydrogens (tertiary/aromatic N) is 1. The summed E-state index contributed by atoms with van der Waals surface area (Å²) in [7, 11) is 0. The Kier molecular flexibility index (Phi) is 6.31. The van der Waals surface area contributed by atoms with E-state index in [9.17, 15) is 0 Å². The summed E-state index contributed by atoms with van der Waals surface area (Å²) >= 11 is 0. The van der Waals surface area contributed by atoms with Gasteiger partial charge in [0.2, 0.25) is 0 Å². The van der Waals surface area contributed by atoms with E-state index >= 15 is 0 Å². The number of benzene rings is 1. The third-order valence-corrected chi connectivity index (χ3v) is 2.53. The van der Waals surface area contributed by atoms with E-state index in [1.165, 1.54) is 32.1 Å². The molecule has 1 rings (SSSR count). The van der Waals surface area contributed by atoms with Gasteiger partial charge in [-0.25, -0.2) is 0 Å². The molecule has 0 aliphatic carbocycles. The number of phenols is 1. The second-order valence-electron chi connectivity index (χ2n) is 4.03. The monoisotopic (exact) mass is 219 g/mol. The van der Waals surface area contributed by atoms with Gasteiger partial charge >= 0.3 is 0 Å². The summed E-state index contributed by atoms with van der Waals surface area (Å²) < 4.78 is 0. The van der Waals surface area contributed by atoms with Crippen LogP contribution in [0.4, 0.5) is 5.69 Å². The Hall–Kier alpha value is -1.31. The zero-order chi connectivity index (χ0) is 11.6. The molecule has 0 atom stereocenters. The zero-order valence-corrected chi connectivity index (χ0v) is 10.0. The normalized spacial score (nSPS) is 11.1. The molecule has 88 valence electrons. The van der Waals surface area contributed by atoms with Crippen molar-refractivity contribution in [3.8, 4) is 5.75 Å². The lowest BCUT2D eigenvalue weighted by molar-refractivity contribution is 0.475.